The third-order valence-electron chi connectivity index (χ3n) is 5.38. The second-order valence-corrected chi connectivity index (χ2v) is 10.5. The van der Waals surface area contributed by atoms with Gasteiger partial charge in [0.1, 0.15) is 17.3 Å². The molecule has 1 fully saturated rings. The minimum Gasteiger partial charge on any atom is -0.743 e. The molecule has 0 aromatic heterocycles. The van der Waals surface area contributed by atoms with Crippen molar-refractivity contribution in [3.63, 3.8) is 0 Å². The van der Waals surface area contributed by atoms with E-state index in [2.05, 4.69) is 36.4 Å². The Kier molecular flexibility index (Phi) is 9.36. The molecule has 0 radical (unpaired) electrons. The molecule has 210 valence electrons. The van der Waals surface area contributed by atoms with Gasteiger partial charge in [-0.05, 0) is 35.5 Å². The molecular formula is C21H21F9O5S2. The normalized spacial score (nSPS) is 18.3. The molecule has 0 spiro atoms. The molecule has 1 heterocycles. The molecule has 2 unspecified atom stereocenters. The Labute approximate surface area is 210 Å². The summed E-state index contributed by atoms with van der Waals surface area (Å²) in [7, 11) is -5.74. The first-order valence-electron chi connectivity index (χ1n) is 10.3. The fourth-order valence-corrected chi connectivity index (χ4v) is 5.16. The molecule has 5 nitrogen and oxygen atoms in total. The third kappa shape index (κ3) is 6.23. The molecule has 37 heavy (non-hydrogen) atoms. The number of rotatable bonds is 7. The molecule has 3 rings (SSSR count). The molecule has 0 aliphatic carbocycles. The van der Waals surface area contributed by atoms with E-state index in [4.69, 9.17) is 9.47 Å². The summed E-state index contributed by atoms with van der Waals surface area (Å²) in [6.07, 6.45) is -6.12. The topological polar surface area (TPSA) is 75.7 Å². The van der Waals surface area contributed by atoms with Crippen molar-refractivity contribution >= 4 is 32.7 Å². The summed E-state index contributed by atoms with van der Waals surface area (Å²) in [5.41, 5.74) is 1.37. The van der Waals surface area contributed by atoms with E-state index in [0.717, 1.165) is 5.75 Å². The summed E-state index contributed by atoms with van der Waals surface area (Å²) >= 11 is 1.56. The smallest absolute Gasteiger partial charge is 0.460 e. The van der Waals surface area contributed by atoms with Gasteiger partial charge >= 0.3 is 23.3 Å². The maximum absolute atomic E-state index is 12.2. The molecular weight excluding hydrogens is 567 g/mol. The first kappa shape index (κ1) is 31.3. The van der Waals surface area contributed by atoms with Gasteiger partial charge < -0.3 is 14.0 Å². The Morgan fingerprint density at radius 1 is 0.973 bits per heavy atom. The van der Waals surface area contributed by atoms with Crippen LogP contribution in [0.4, 0.5) is 39.5 Å². The van der Waals surface area contributed by atoms with E-state index < -0.39 is 33.4 Å². The summed E-state index contributed by atoms with van der Waals surface area (Å²) in [5, 5.41) is -4.49. The minimum atomic E-state index is -7.43. The van der Waals surface area contributed by atoms with Gasteiger partial charge in [-0.3, -0.25) is 0 Å². The van der Waals surface area contributed by atoms with Gasteiger partial charge in [0.05, 0.1) is 0 Å². The number of methoxy groups -OCH3 is 1. The van der Waals surface area contributed by atoms with E-state index in [0.29, 0.717) is 5.92 Å². The summed E-state index contributed by atoms with van der Waals surface area (Å²) in [6.45, 7) is 1.94. The number of thiol groups is 1. The largest absolute Gasteiger partial charge is 0.743 e. The van der Waals surface area contributed by atoms with Crippen LogP contribution in [0.3, 0.4) is 0 Å². The van der Waals surface area contributed by atoms with Crippen LogP contribution in [0, 0.1) is 0 Å². The molecule has 1 saturated heterocycles. The molecule has 2 aromatic rings. The zero-order valence-corrected chi connectivity index (χ0v) is 20.7. The monoisotopic (exact) mass is 588 g/mol. The van der Waals surface area contributed by atoms with E-state index in [1.807, 2.05) is 6.92 Å². The highest BCUT2D eigenvalue weighted by molar-refractivity contribution is 7.86. The second kappa shape index (κ2) is 11.1. The lowest BCUT2D eigenvalue weighted by Crippen LogP contribution is -2.63. The Hall–Kier alpha value is -1.91. The van der Waals surface area contributed by atoms with Crippen molar-refractivity contribution in [3.8, 4) is 5.75 Å². The van der Waals surface area contributed by atoms with Gasteiger partial charge in [-0.2, -0.15) is 39.5 Å². The van der Waals surface area contributed by atoms with Crippen LogP contribution < -0.4 is 4.74 Å². The van der Waals surface area contributed by atoms with Gasteiger partial charge in [-0.15, -0.1) is 0 Å². The number of benzene rings is 2. The van der Waals surface area contributed by atoms with E-state index in [1.165, 1.54) is 34.3 Å². The Morgan fingerprint density at radius 2 is 1.57 bits per heavy atom. The van der Waals surface area contributed by atoms with Crippen molar-refractivity contribution in [1.82, 2.24) is 0 Å². The van der Waals surface area contributed by atoms with Crippen LogP contribution in [-0.4, -0.2) is 61.2 Å². The van der Waals surface area contributed by atoms with Crippen molar-refractivity contribution in [2.75, 3.05) is 18.6 Å². The molecule has 2 aromatic carbocycles. The highest BCUT2D eigenvalue weighted by atomic mass is 32.2. The molecule has 0 bridgehead atoms. The zero-order valence-electron chi connectivity index (χ0n) is 19.0. The summed E-state index contributed by atoms with van der Waals surface area (Å²) in [6, 6.07) is 12.8. The predicted octanol–water partition coefficient (Wildman–Crippen LogP) is 5.47. The first-order chi connectivity index (χ1) is 16.8. The maximum atomic E-state index is 12.2. The zero-order chi connectivity index (χ0) is 28.4. The molecule has 0 saturated carbocycles. The summed E-state index contributed by atoms with van der Waals surface area (Å²) < 4.78 is 147. The van der Waals surface area contributed by atoms with Gasteiger partial charge in [0.25, 0.3) is 0 Å². The number of halogens is 9. The van der Waals surface area contributed by atoms with Crippen LogP contribution in [0.25, 0.3) is 10.8 Å². The predicted molar refractivity (Wildman–Crippen MR) is 117 cm³/mol. The summed E-state index contributed by atoms with van der Waals surface area (Å²) in [4.78, 5) is 0. The number of hydrogen-bond donors (Lipinski definition) is 0. The highest BCUT2D eigenvalue weighted by Crippen LogP contribution is 2.54. The van der Waals surface area contributed by atoms with Crippen LogP contribution in [0.1, 0.15) is 24.8 Å². The fraction of sp³-hybridized carbons (Fsp3) is 0.524. The lowest BCUT2D eigenvalue weighted by Gasteiger charge is -2.34. The van der Waals surface area contributed by atoms with Gasteiger partial charge in [-0.1, -0.05) is 30.3 Å². The molecule has 0 amide bonds. The average molecular weight is 589 g/mol. The van der Waals surface area contributed by atoms with Crippen LogP contribution >= 0.6 is 0 Å². The van der Waals surface area contributed by atoms with Crippen LogP contribution in [0.15, 0.2) is 36.4 Å². The van der Waals surface area contributed by atoms with Gasteiger partial charge in [0, 0.05) is 25.0 Å². The molecule has 1 aliphatic heterocycles. The van der Waals surface area contributed by atoms with E-state index in [-0.39, 0.29) is 6.29 Å². The minimum absolute atomic E-state index is 0.214. The van der Waals surface area contributed by atoms with Gasteiger partial charge in [0.15, 0.2) is 16.4 Å². The van der Waals surface area contributed by atoms with E-state index >= 15 is 0 Å². The Morgan fingerprint density at radius 3 is 2.05 bits per heavy atom. The van der Waals surface area contributed by atoms with Crippen LogP contribution in [0.5, 0.6) is 5.75 Å². The quantitative estimate of drug-likeness (QED) is 0.141. The highest BCUT2D eigenvalue weighted by Gasteiger charge is 2.83. The number of hydrogen-bond acceptors (Lipinski definition) is 5. The third-order valence-corrected chi connectivity index (χ3v) is 7.54. The lowest BCUT2D eigenvalue weighted by molar-refractivity contribution is -0.382. The van der Waals surface area contributed by atoms with Crippen molar-refractivity contribution < 1.29 is 62.0 Å². The van der Waals surface area contributed by atoms with Crippen molar-refractivity contribution in [2.24, 2.45) is 0 Å². The fourth-order valence-electron chi connectivity index (χ4n) is 3.37. The maximum Gasteiger partial charge on any atom is 0.460 e. The van der Waals surface area contributed by atoms with Crippen molar-refractivity contribution in [1.29, 1.82) is 0 Å². The van der Waals surface area contributed by atoms with Gasteiger partial charge in [0.2, 0.25) is 0 Å². The molecule has 16 heteroatoms. The first-order valence-corrected chi connectivity index (χ1v) is 13.0. The lowest BCUT2D eigenvalue weighted by atomic mass is 9.92. The van der Waals surface area contributed by atoms with Crippen LogP contribution in [-0.2, 0) is 26.6 Å². The van der Waals surface area contributed by atoms with Crippen LogP contribution in [0.2, 0.25) is 0 Å². The number of alkyl halides is 9. The van der Waals surface area contributed by atoms with E-state index in [1.54, 1.807) is 18.9 Å². The van der Waals surface area contributed by atoms with E-state index in [9.17, 15) is 52.5 Å². The Balaban J connectivity index is 0.000000265. The summed E-state index contributed by atoms with van der Waals surface area (Å²) in [5.74, 6) is -10.7. The van der Waals surface area contributed by atoms with Crippen molar-refractivity contribution in [2.45, 2.75) is 48.8 Å². The molecule has 2 atom stereocenters. The molecule has 1 aliphatic rings. The standard InChI is InChI=1S/C17H20O2S.C4HF9O3S/c1-12(18-2)19-16-8-7-13-5-3-4-6-15(13)17(16)14-9-10-20-11-14;5-1(6,3(9,10)11)2(7,8)4(12,13)17(14,15)16/h3-8,12,14H,9-11H2,1-2H3;(H,14,15,16). The average Bonchev–Trinajstić information content (AvgIpc) is 3.32. The van der Waals surface area contributed by atoms with Gasteiger partial charge in [-0.25, -0.2) is 8.42 Å². The number of fused-ring (bicyclic) bond motifs is 1. The SMILES string of the molecule is COC(C)Oc1ccc2ccccc2c1C1CC[SH+]C1.O=S(=O)([O-])C(F)(F)C(F)(F)C(F)(F)C(F)(F)F. The molecule has 0 N–H and O–H groups in total. The van der Waals surface area contributed by atoms with Crippen molar-refractivity contribution in [3.05, 3.63) is 42.0 Å². The second-order valence-electron chi connectivity index (χ2n) is 7.85. The number of ether oxygens (including phenoxy) is 2. The Bertz CT molecular complexity index is 1180.